The van der Waals surface area contributed by atoms with Crippen molar-refractivity contribution in [3.63, 3.8) is 0 Å². The lowest BCUT2D eigenvalue weighted by atomic mass is 9.80. The van der Waals surface area contributed by atoms with Crippen molar-refractivity contribution in [2.24, 2.45) is 5.41 Å². The lowest BCUT2D eigenvalue weighted by Gasteiger charge is -2.40. The number of benzene rings is 1. The van der Waals surface area contributed by atoms with E-state index < -0.39 is 5.41 Å². The van der Waals surface area contributed by atoms with Crippen LogP contribution in [0.1, 0.15) is 33.0 Å². The second kappa shape index (κ2) is 8.83. The minimum absolute atomic E-state index is 0.0156. The van der Waals surface area contributed by atoms with Gasteiger partial charge in [-0.25, -0.2) is 0 Å². The number of hydrogen-bond donors (Lipinski definition) is 0. The highest BCUT2D eigenvalue weighted by molar-refractivity contribution is 5.85. The molecule has 4 rings (SSSR count). The van der Waals surface area contributed by atoms with Gasteiger partial charge in [0.15, 0.2) is 0 Å². The summed E-state index contributed by atoms with van der Waals surface area (Å²) in [6.07, 6.45) is 1.11. The summed E-state index contributed by atoms with van der Waals surface area (Å²) in [5.74, 6) is 0.845. The van der Waals surface area contributed by atoms with E-state index in [1.807, 2.05) is 41.3 Å². The summed E-state index contributed by atoms with van der Waals surface area (Å²) < 4.78 is 5.66. The molecule has 2 aliphatic rings. The zero-order valence-corrected chi connectivity index (χ0v) is 18.7. The number of aromatic nitrogens is 1. The monoisotopic (exact) mass is 424 g/mol. The molecule has 1 atom stereocenters. The average molecular weight is 425 g/mol. The molecule has 2 fully saturated rings. The Morgan fingerprint density at radius 1 is 1.06 bits per heavy atom. The molecule has 2 aliphatic heterocycles. The minimum atomic E-state index is -0.654. The van der Waals surface area contributed by atoms with Crippen LogP contribution in [0.2, 0.25) is 0 Å². The maximum absolute atomic E-state index is 13.8. The number of piperazine rings is 1. The fourth-order valence-electron chi connectivity index (χ4n) is 4.79. The molecular formula is C24H32N4O3. The third-order valence-corrected chi connectivity index (χ3v) is 6.73. The molecule has 3 heterocycles. The molecule has 0 bridgehead atoms. The number of likely N-dealkylation sites (tertiary alicyclic amines) is 1. The summed E-state index contributed by atoms with van der Waals surface area (Å²) >= 11 is 0. The van der Waals surface area contributed by atoms with Crippen molar-refractivity contribution >= 4 is 11.8 Å². The van der Waals surface area contributed by atoms with Crippen molar-refractivity contribution in [3.8, 4) is 11.3 Å². The standard InChI is InChI=1S/C24H32N4O3/c1-18(2)26-11-13-27(14-12-26)23(30)24(9-10-28(17-24)19(3)29)16-21-15-22(25-31-21)20-7-5-4-6-8-20/h4-8,15,18H,9-14,16-17H2,1-3H3/t24-/m1/s1. The van der Waals surface area contributed by atoms with Gasteiger partial charge in [0, 0.05) is 70.3 Å². The number of rotatable bonds is 5. The van der Waals surface area contributed by atoms with Crippen LogP contribution in [0.5, 0.6) is 0 Å². The zero-order chi connectivity index (χ0) is 22.0. The topological polar surface area (TPSA) is 69.9 Å². The van der Waals surface area contributed by atoms with Gasteiger partial charge in [-0.1, -0.05) is 35.5 Å². The Kier molecular flexibility index (Phi) is 6.14. The SMILES string of the molecule is CC(=O)N1CC[C@](Cc2cc(-c3ccccc3)no2)(C(=O)N2CCN(C(C)C)CC2)C1. The second-order valence-corrected chi connectivity index (χ2v) is 9.11. The van der Waals surface area contributed by atoms with Gasteiger partial charge in [-0.3, -0.25) is 14.5 Å². The lowest BCUT2D eigenvalue weighted by molar-refractivity contribution is -0.144. The minimum Gasteiger partial charge on any atom is -0.361 e. The Morgan fingerprint density at radius 3 is 2.39 bits per heavy atom. The van der Waals surface area contributed by atoms with Gasteiger partial charge in [0.25, 0.3) is 0 Å². The number of amides is 2. The van der Waals surface area contributed by atoms with Crippen LogP contribution in [0.15, 0.2) is 40.9 Å². The molecule has 2 saturated heterocycles. The summed E-state index contributed by atoms with van der Waals surface area (Å²) in [6.45, 7) is 10.2. The van der Waals surface area contributed by atoms with Crippen molar-refractivity contribution in [2.75, 3.05) is 39.3 Å². The fraction of sp³-hybridized carbons (Fsp3) is 0.542. The molecule has 0 unspecified atom stereocenters. The summed E-state index contributed by atoms with van der Waals surface area (Å²) in [5, 5.41) is 4.23. The van der Waals surface area contributed by atoms with Gasteiger partial charge in [0.2, 0.25) is 11.8 Å². The van der Waals surface area contributed by atoms with Crippen molar-refractivity contribution < 1.29 is 14.1 Å². The van der Waals surface area contributed by atoms with Crippen LogP contribution in [0, 0.1) is 5.41 Å². The normalized spacial score (nSPS) is 22.3. The zero-order valence-electron chi connectivity index (χ0n) is 18.7. The van der Waals surface area contributed by atoms with E-state index >= 15 is 0 Å². The molecule has 2 amide bonds. The smallest absolute Gasteiger partial charge is 0.231 e. The van der Waals surface area contributed by atoms with E-state index in [0.717, 1.165) is 37.4 Å². The third kappa shape index (κ3) is 4.51. The van der Waals surface area contributed by atoms with Gasteiger partial charge >= 0.3 is 0 Å². The maximum atomic E-state index is 13.8. The molecule has 7 heteroatoms. The highest BCUT2D eigenvalue weighted by atomic mass is 16.5. The molecule has 1 aromatic heterocycles. The molecule has 0 radical (unpaired) electrons. The van der Waals surface area contributed by atoms with Crippen LogP contribution in [0.4, 0.5) is 0 Å². The molecule has 1 aromatic carbocycles. The van der Waals surface area contributed by atoms with E-state index in [1.165, 1.54) is 0 Å². The Hall–Kier alpha value is -2.67. The molecule has 7 nitrogen and oxygen atoms in total. The van der Waals surface area contributed by atoms with Crippen LogP contribution in [0.3, 0.4) is 0 Å². The number of carbonyl (C=O) groups excluding carboxylic acids is 2. The van der Waals surface area contributed by atoms with E-state index in [1.54, 1.807) is 11.8 Å². The van der Waals surface area contributed by atoms with E-state index in [2.05, 4.69) is 23.9 Å². The quantitative estimate of drug-likeness (QED) is 0.738. The van der Waals surface area contributed by atoms with Gasteiger partial charge in [-0.15, -0.1) is 0 Å². The van der Waals surface area contributed by atoms with Gasteiger partial charge in [-0.2, -0.15) is 0 Å². The van der Waals surface area contributed by atoms with Crippen LogP contribution >= 0.6 is 0 Å². The van der Waals surface area contributed by atoms with E-state index in [9.17, 15) is 9.59 Å². The van der Waals surface area contributed by atoms with E-state index in [-0.39, 0.29) is 11.8 Å². The lowest BCUT2D eigenvalue weighted by Crippen LogP contribution is -2.55. The molecular weight excluding hydrogens is 392 g/mol. The molecule has 166 valence electrons. The van der Waals surface area contributed by atoms with E-state index in [0.29, 0.717) is 37.7 Å². The Balaban J connectivity index is 1.54. The van der Waals surface area contributed by atoms with Crippen LogP contribution < -0.4 is 0 Å². The first-order valence-electron chi connectivity index (χ1n) is 11.2. The molecule has 31 heavy (non-hydrogen) atoms. The molecule has 0 saturated carbocycles. The van der Waals surface area contributed by atoms with Crippen molar-refractivity contribution in [1.29, 1.82) is 0 Å². The molecule has 0 N–H and O–H groups in total. The molecule has 0 spiro atoms. The van der Waals surface area contributed by atoms with E-state index in [4.69, 9.17) is 4.52 Å². The maximum Gasteiger partial charge on any atom is 0.231 e. The number of hydrogen-bond acceptors (Lipinski definition) is 5. The first kappa shape index (κ1) is 21.6. The van der Waals surface area contributed by atoms with Crippen molar-refractivity contribution in [3.05, 3.63) is 42.2 Å². The summed E-state index contributed by atoms with van der Waals surface area (Å²) in [4.78, 5) is 32.0. The predicted octanol–water partition coefficient (Wildman–Crippen LogP) is 2.68. The highest BCUT2D eigenvalue weighted by Gasteiger charge is 2.48. The Bertz CT molecular complexity index is 918. The van der Waals surface area contributed by atoms with Gasteiger partial charge in [0.1, 0.15) is 11.5 Å². The Labute approximate surface area is 184 Å². The highest BCUT2D eigenvalue weighted by Crippen LogP contribution is 2.37. The molecule has 0 aliphatic carbocycles. The summed E-state index contributed by atoms with van der Waals surface area (Å²) in [5.41, 5.74) is 1.10. The van der Waals surface area contributed by atoms with Crippen molar-refractivity contribution in [1.82, 2.24) is 19.9 Å². The Morgan fingerprint density at radius 2 is 1.77 bits per heavy atom. The summed E-state index contributed by atoms with van der Waals surface area (Å²) in [7, 11) is 0. The predicted molar refractivity (Wildman–Crippen MR) is 118 cm³/mol. The van der Waals surface area contributed by atoms with Crippen LogP contribution in [-0.2, 0) is 16.0 Å². The van der Waals surface area contributed by atoms with Crippen molar-refractivity contribution in [2.45, 2.75) is 39.7 Å². The van der Waals surface area contributed by atoms with Gasteiger partial charge in [-0.05, 0) is 20.3 Å². The number of carbonyl (C=O) groups is 2. The van der Waals surface area contributed by atoms with Gasteiger partial charge in [0.05, 0.1) is 5.41 Å². The number of nitrogens with zero attached hydrogens (tertiary/aromatic N) is 4. The first-order chi connectivity index (χ1) is 14.9. The fourth-order valence-corrected chi connectivity index (χ4v) is 4.79. The van der Waals surface area contributed by atoms with Gasteiger partial charge < -0.3 is 14.3 Å². The third-order valence-electron chi connectivity index (χ3n) is 6.73. The second-order valence-electron chi connectivity index (χ2n) is 9.11. The van der Waals surface area contributed by atoms with Crippen LogP contribution in [-0.4, -0.2) is 77.0 Å². The average Bonchev–Trinajstić information content (AvgIpc) is 3.42. The largest absolute Gasteiger partial charge is 0.361 e. The molecule has 2 aromatic rings. The van der Waals surface area contributed by atoms with Crippen LogP contribution in [0.25, 0.3) is 11.3 Å². The summed E-state index contributed by atoms with van der Waals surface area (Å²) in [6, 6.07) is 12.3. The first-order valence-corrected chi connectivity index (χ1v) is 11.2.